The van der Waals surface area contributed by atoms with Gasteiger partial charge in [0, 0.05) is 64.6 Å². The molecule has 6 rings (SSSR count). The molecule has 1 saturated heterocycles. The van der Waals surface area contributed by atoms with Crippen LogP contribution in [0.4, 0.5) is 11.4 Å². The molecule has 4 aromatic rings. The maximum absolute atomic E-state index is 4.59. The molecule has 2 aromatic carbocycles. The van der Waals surface area contributed by atoms with Crippen molar-refractivity contribution in [2.75, 3.05) is 50.0 Å². The first-order chi connectivity index (χ1) is 17.2. The summed E-state index contributed by atoms with van der Waals surface area (Å²) in [5, 5.41) is 5.65. The molecule has 2 aromatic heterocycles. The highest BCUT2D eigenvalue weighted by atomic mass is 32.1. The number of thiophene rings is 2. The Morgan fingerprint density at radius 1 is 0.886 bits per heavy atom. The van der Waals surface area contributed by atoms with Crippen molar-refractivity contribution in [2.45, 2.75) is 0 Å². The van der Waals surface area contributed by atoms with Crippen molar-refractivity contribution >= 4 is 45.8 Å². The minimum Gasteiger partial charge on any atom is -0.369 e. The summed E-state index contributed by atoms with van der Waals surface area (Å²) in [5.74, 6) is 0. The number of anilines is 2. The molecule has 0 radical (unpaired) electrons. The Kier molecular flexibility index (Phi) is 6.25. The molecule has 4 heterocycles. The second-order valence-electron chi connectivity index (χ2n) is 9.06. The molecular weight excluding hydrogens is 468 g/mol. The molecule has 0 atom stereocenters. The molecule has 0 bridgehead atoms. The lowest BCUT2D eigenvalue weighted by Gasteiger charge is -2.34. The quantitative estimate of drug-likeness (QED) is 0.330. The van der Waals surface area contributed by atoms with Crippen LogP contribution in [0.1, 0.15) is 11.1 Å². The zero-order chi connectivity index (χ0) is 23.6. The molecule has 6 heteroatoms. The number of nitrogens with zero attached hydrogens (tertiary/aromatic N) is 3. The van der Waals surface area contributed by atoms with Crippen LogP contribution in [0.3, 0.4) is 0 Å². The summed E-state index contributed by atoms with van der Waals surface area (Å²) in [5.41, 5.74) is 7.29. The molecule has 2 aliphatic heterocycles. The van der Waals surface area contributed by atoms with Gasteiger partial charge in [-0.25, -0.2) is 0 Å². The van der Waals surface area contributed by atoms with Crippen LogP contribution in [-0.4, -0.2) is 50.9 Å². The second-order valence-corrected chi connectivity index (χ2v) is 11.1. The van der Waals surface area contributed by atoms with Crippen molar-refractivity contribution < 1.29 is 0 Å². The van der Waals surface area contributed by atoms with Gasteiger partial charge in [0.05, 0.1) is 6.54 Å². The largest absolute Gasteiger partial charge is 0.369 e. The summed E-state index contributed by atoms with van der Waals surface area (Å²) in [7, 11) is 2.19. The Bertz CT molecular complexity index is 1360. The molecule has 1 N–H and O–H groups in total. The molecule has 0 aliphatic carbocycles. The van der Waals surface area contributed by atoms with Crippen molar-refractivity contribution in [1.82, 2.24) is 4.90 Å². The molecule has 35 heavy (non-hydrogen) atoms. The van der Waals surface area contributed by atoms with Gasteiger partial charge in [-0.05, 0) is 83.2 Å². The molecule has 0 saturated carbocycles. The summed E-state index contributed by atoms with van der Waals surface area (Å²) in [4.78, 5) is 13.4. The minimum atomic E-state index is 0.688. The van der Waals surface area contributed by atoms with Gasteiger partial charge in [-0.15, -0.1) is 22.7 Å². The SMILES string of the molecule is CN1CCN(c2ccc(N/C=C3\CN=Cc4ccc(-c5ccc(-c6cccs6)s5)cc43)cc2)CC1. The summed E-state index contributed by atoms with van der Waals surface area (Å²) >= 11 is 3.65. The fraction of sp³-hybridized carbons (Fsp3) is 0.207. The number of fused-ring (bicyclic) bond motifs is 1. The molecule has 0 unspecified atom stereocenters. The Balaban J connectivity index is 1.20. The third-order valence-electron chi connectivity index (χ3n) is 6.69. The number of likely N-dealkylation sites (N-methyl/N-ethyl adjacent to an activating group) is 1. The van der Waals surface area contributed by atoms with Crippen LogP contribution in [-0.2, 0) is 0 Å². The van der Waals surface area contributed by atoms with Gasteiger partial charge in [0.25, 0.3) is 0 Å². The van der Waals surface area contributed by atoms with E-state index in [0.29, 0.717) is 6.54 Å². The zero-order valence-corrected chi connectivity index (χ0v) is 21.4. The van der Waals surface area contributed by atoms with Crippen LogP contribution in [0, 0.1) is 0 Å². The van der Waals surface area contributed by atoms with E-state index < -0.39 is 0 Å². The minimum absolute atomic E-state index is 0.688. The molecular formula is C29H28N4S2. The summed E-state index contributed by atoms with van der Waals surface area (Å²) in [6.07, 6.45) is 4.11. The monoisotopic (exact) mass is 496 g/mol. The lowest BCUT2D eigenvalue weighted by atomic mass is 9.96. The van der Waals surface area contributed by atoms with Crippen molar-refractivity contribution in [3.8, 4) is 20.2 Å². The summed E-state index contributed by atoms with van der Waals surface area (Å²) in [6.45, 7) is 5.10. The third kappa shape index (κ3) is 4.82. The van der Waals surface area contributed by atoms with E-state index in [4.69, 9.17) is 0 Å². The number of nitrogens with one attached hydrogen (secondary N) is 1. The number of piperazine rings is 1. The summed E-state index contributed by atoms with van der Waals surface area (Å²) < 4.78 is 0. The second kappa shape index (κ2) is 9.82. The van der Waals surface area contributed by atoms with Crippen molar-refractivity contribution in [3.63, 3.8) is 0 Å². The van der Waals surface area contributed by atoms with E-state index in [9.17, 15) is 0 Å². The van der Waals surface area contributed by atoms with Gasteiger partial charge in [0.2, 0.25) is 0 Å². The normalized spacial score (nSPS) is 17.1. The average Bonchev–Trinajstić information content (AvgIpc) is 3.61. The van der Waals surface area contributed by atoms with Crippen LogP contribution < -0.4 is 10.2 Å². The van der Waals surface area contributed by atoms with Gasteiger partial charge in [0.15, 0.2) is 0 Å². The van der Waals surface area contributed by atoms with E-state index >= 15 is 0 Å². The fourth-order valence-corrected chi connectivity index (χ4v) is 6.44. The number of rotatable bonds is 5. The van der Waals surface area contributed by atoms with Gasteiger partial charge in [-0.3, -0.25) is 4.99 Å². The molecule has 176 valence electrons. The number of benzene rings is 2. The average molecular weight is 497 g/mol. The first-order valence-electron chi connectivity index (χ1n) is 12.0. The van der Waals surface area contributed by atoms with E-state index in [2.05, 4.69) is 105 Å². The van der Waals surface area contributed by atoms with E-state index in [1.165, 1.54) is 42.6 Å². The predicted octanol–water partition coefficient (Wildman–Crippen LogP) is 6.78. The highest BCUT2D eigenvalue weighted by molar-refractivity contribution is 7.23. The Hall–Kier alpha value is -3.19. The number of aliphatic imine (C=N–C) groups is 1. The number of hydrogen-bond donors (Lipinski definition) is 1. The number of hydrogen-bond acceptors (Lipinski definition) is 6. The maximum Gasteiger partial charge on any atom is 0.0660 e. The van der Waals surface area contributed by atoms with E-state index in [1.807, 2.05) is 17.6 Å². The lowest BCUT2D eigenvalue weighted by Crippen LogP contribution is -2.44. The fourth-order valence-electron chi connectivity index (χ4n) is 4.60. The van der Waals surface area contributed by atoms with E-state index in [-0.39, 0.29) is 0 Å². The van der Waals surface area contributed by atoms with E-state index in [0.717, 1.165) is 31.9 Å². The van der Waals surface area contributed by atoms with Crippen molar-refractivity contribution in [3.05, 3.63) is 89.4 Å². The first-order valence-corrected chi connectivity index (χ1v) is 13.7. The lowest BCUT2D eigenvalue weighted by molar-refractivity contribution is 0.313. The van der Waals surface area contributed by atoms with Crippen LogP contribution in [0.25, 0.3) is 25.8 Å². The Labute approximate surface area is 214 Å². The Morgan fingerprint density at radius 2 is 1.71 bits per heavy atom. The van der Waals surface area contributed by atoms with Crippen LogP contribution >= 0.6 is 22.7 Å². The molecule has 4 nitrogen and oxygen atoms in total. The highest BCUT2D eigenvalue weighted by Crippen LogP contribution is 2.38. The molecule has 0 spiro atoms. The van der Waals surface area contributed by atoms with Gasteiger partial charge in [0.1, 0.15) is 0 Å². The Morgan fingerprint density at radius 3 is 2.51 bits per heavy atom. The van der Waals surface area contributed by atoms with Gasteiger partial charge < -0.3 is 15.1 Å². The molecule has 1 fully saturated rings. The standard InChI is InChI=1S/C29H28N4S2/c1-32-12-14-33(15-13-32)25-8-6-24(7-9-25)31-20-23-19-30-18-22-5-4-21(17-26(22)23)27-10-11-29(35-27)28-3-2-16-34-28/h2-11,16-18,20,31H,12-15,19H2,1H3/b23-20+. The maximum atomic E-state index is 4.59. The molecule has 0 amide bonds. The van der Waals surface area contributed by atoms with Gasteiger partial charge >= 0.3 is 0 Å². The van der Waals surface area contributed by atoms with Gasteiger partial charge in [-0.2, -0.15) is 0 Å². The van der Waals surface area contributed by atoms with Crippen molar-refractivity contribution in [1.29, 1.82) is 0 Å². The zero-order valence-electron chi connectivity index (χ0n) is 19.8. The van der Waals surface area contributed by atoms with Crippen LogP contribution in [0.15, 0.2) is 83.3 Å². The predicted molar refractivity (Wildman–Crippen MR) is 153 cm³/mol. The molecule has 2 aliphatic rings. The van der Waals surface area contributed by atoms with Crippen LogP contribution in [0.2, 0.25) is 0 Å². The highest BCUT2D eigenvalue weighted by Gasteiger charge is 2.15. The van der Waals surface area contributed by atoms with Gasteiger partial charge in [-0.1, -0.05) is 18.2 Å². The van der Waals surface area contributed by atoms with E-state index in [1.54, 1.807) is 11.3 Å². The van der Waals surface area contributed by atoms with Crippen molar-refractivity contribution in [2.24, 2.45) is 4.99 Å². The van der Waals surface area contributed by atoms with Crippen LogP contribution in [0.5, 0.6) is 0 Å². The summed E-state index contributed by atoms with van der Waals surface area (Å²) in [6, 6.07) is 24.3. The first kappa shape index (κ1) is 22.3. The topological polar surface area (TPSA) is 30.9 Å². The third-order valence-corrected chi connectivity index (χ3v) is 8.89. The smallest absolute Gasteiger partial charge is 0.0660 e.